The Hall–Kier alpha value is -4.78. The highest BCUT2D eigenvalue weighted by molar-refractivity contribution is 6.51. The molecule has 1 heterocycles. The molecule has 5 rings (SSSR count). The first-order valence-corrected chi connectivity index (χ1v) is 11.9. The number of ether oxygens (including phenoxy) is 1. The Morgan fingerprint density at radius 3 is 2.26 bits per heavy atom. The number of aliphatic hydroxyl groups is 1. The third-order valence-electron chi connectivity index (χ3n) is 6.43. The van der Waals surface area contributed by atoms with Crippen LogP contribution in [0.4, 0.5) is 14.5 Å². The van der Waals surface area contributed by atoms with E-state index >= 15 is 0 Å². The lowest BCUT2D eigenvalue weighted by atomic mass is 9.94. The second kappa shape index (κ2) is 10.3. The van der Waals surface area contributed by atoms with Gasteiger partial charge in [0.2, 0.25) is 0 Å². The fourth-order valence-corrected chi connectivity index (χ4v) is 4.54. The van der Waals surface area contributed by atoms with E-state index in [1.54, 1.807) is 31.2 Å². The second-order valence-corrected chi connectivity index (χ2v) is 8.92. The minimum atomic E-state index is -1.25. The van der Waals surface area contributed by atoms with Crippen LogP contribution >= 0.6 is 0 Å². The number of carbonyl (C=O) groups excluding carboxylic acids is 2. The van der Waals surface area contributed by atoms with Gasteiger partial charge < -0.3 is 9.84 Å². The lowest BCUT2D eigenvalue weighted by Gasteiger charge is -2.25. The first-order chi connectivity index (χ1) is 18.3. The van der Waals surface area contributed by atoms with Gasteiger partial charge in [-0.1, -0.05) is 48.5 Å². The summed E-state index contributed by atoms with van der Waals surface area (Å²) in [5.74, 6) is -2.97. The van der Waals surface area contributed by atoms with E-state index in [-0.39, 0.29) is 22.4 Å². The van der Waals surface area contributed by atoms with Gasteiger partial charge >= 0.3 is 0 Å². The first-order valence-electron chi connectivity index (χ1n) is 11.9. The van der Waals surface area contributed by atoms with Gasteiger partial charge in [-0.15, -0.1) is 0 Å². The molecule has 0 radical (unpaired) electrons. The SMILES string of the molecule is Cc1cc(/C(O)=C2\C(=O)C(=O)N(c3ccc(F)cc3)C2c2ccccc2F)ccc1OCc1ccccc1. The quantitative estimate of drug-likeness (QED) is 0.183. The molecule has 4 aromatic carbocycles. The molecule has 4 aromatic rings. The van der Waals surface area contributed by atoms with Crippen molar-refractivity contribution in [3.8, 4) is 5.75 Å². The number of Topliss-reactive ketones (excluding diaryl/α,β-unsaturated/α-hetero) is 1. The van der Waals surface area contributed by atoms with Gasteiger partial charge in [-0.2, -0.15) is 0 Å². The van der Waals surface area contributed by atoms with Crippen LogP contribution in [0.25, 0.3) is 5.76 Å². The predicted octanol–water partition coefficient (Wildman–Crippen LogP) is 6.48. The fourth-order valence-electron chi connectivity index (χ4n) is 4.54. The summed E-state index contributed by atoms with van der Waals surface area (Å²) in [6.45, 7) is 2.14. The average molecular weight is 512 g/mol. The molecule has 1 aliphatic heterocycles. The Morgan fingerprint density at radius 1 is 0.895 bits per heavy atom. The van der Waals surface area contributed by atoms with Crippen molar-refractivity contribution in [2.45, 2.75) is 19.6 Å². The molecule has 1 fully saturated rings. The number of halogens is 2. The topological polar surface area (TPSA) is 66.8 Å². The molecule has 1 saturated heterocycles. The molecule has 0 bridgehead atoms. The Morgan fingerprint density at radius 2 is 1.58 bits per heavy atom. The van der Waals surface area contributed by atoms with Gasteiger partial charge in [-0.3, -0.25) is 14.5 Å². The monoisotopic (exact) mass is 511 g/mol. The molecular weight excluding hydrogens is 488 g/mol. The molecule has 0 aromatic heterocycles. The summed E-state index contributed by atoms with van der Waals surface area (Å²) in [4.78, 5) is 27.5. The molecule has 0 saturated carbocycles. The van der Waals surface area contributed by atoms with Crippen molar-refractivity contribution in [2.24, 2.45) is 0 Å². The number of ketones is 1. The van der Waals surface area contributed by atoms with Crippen molar-refractivity contribution >= 4 is 23.1 Å². The smallest absolute Gasteiger partial charge is 0.300 e. The van der Waals surface area contributed by atoms with E-state index in [2.05, 4.69) is 0 Å². The van der Waals surface area contributed by atoms with Crippen molar-refractivity contribution in [1.82, 2.24) is 0 Å². The normalized spacial score (nSPS) is 16.6. The number of anilines is 1. The van der Waals surface area contributed by atoms with Crippen molar-refractivity contribution in [2.75, 3.05) is 4.90 Å². The molecule has 1 N–H and O–H groups in total. The lowest BCUT2D eigenvalue weighted by molar-refractivity contribution is -0.132. The predicted molar refractivity (Wildman–Crippen MR) is 140 cm³/mol. The van der Waals surface area contributed by atoms with E-state index < -0.39 is 35.1 Å². The molecule has 1 aliphatic rings. The number of amides is 1. The van der Waals surface area contributed by atoms with Gasteiger partial charge in [0, 0.05) is 16.8 Å². The van der Waals surface area contributed by atoms with Crippen LogP contribution < -0.4 is 9.64 Å². The van der Waals surface area contributed by atoms with Crippen LogP contribution in [0, 0.1) is 18.6 Å². The highest BCUT2D eigenvalue weighted by atomic mass is 19.1. The maximum absolute atomic E-state index is 15.0. The summed E-state index contributed by atoms with van der Waals surface area (Å²) >= 11 is 0. The third-order valence-corrected chi connectivity index (χ3v) is 6.43. The number of hydrogen-bond donors (Lipinski definition) is 1. The maximum Gasteiger partial charge on any atom is 0.300 e. The van der Waals surface area contributed by atoms with Crippen molar-refractivity contribution in [3.63, 3.8) is 0 Å². The maximum atomic E-state index is 15.0. The van der Waals surface area contributed by atoms with Gasteiger partial charge in [0.05, 0.1) is 11.6 Å². The van der Waals surface area contributed by atoms with Crippen LogP contribution in [0.2, 0.25) is 0 Å². The Bertz CT molecular complexity index is 1550. The zero-order valence-electron chi connectivity index (χ0n) is 20.4. The Kier molecular flexibility index (Phi) is 6.75. The van der Waals surface area contributed by atoms with E-state index in [1.807, 2.05) is 30.3 Å². The van der Waals surface area contributed by atoms with Crippen LogP contribution in [0.3, 0.4) is 0 Å². The number of hydrogen-bond acceptors (Lipinski definition) is 4. The number of aryl methyl sites for hydroxylation is 1. The third kappa shape index (κ3) is 4.66. The van der Waals surface area contributed by atoms with Gasteiger partial charge in [0.15, 0.2) is 0 Å². The van der Waals surface area contributed by atoms with Gasteiger partial charge in [-0.25, -0.2) is 8.78 Å². The summed E-state index contributed by atoms with van der Waals surface area (Å²) < 4.78 is 34.5. The first kappa shape index (κ1) is 24.9. The number of carbonyl (C=O) groups is 2. The Balaban J connectivity index is 1.57. The average Bonchev–Trinajstić information content (AvgIpc) is 3.18. The summed E-state index contributed by atoms with van der Waals surface area (Å²) in [6.07, 6.45) is 0. The van der Waals surface area contributed by atoms with E-state index in [4.69, 9.17) is 4.74 Å². The van der Waals surface area contributed by atoms with Crippen LogP contribution in [-0.2, 0) is 16.2 Å². The van der Waals surface area contributed by atoms with Gasteiger partial charge in [0.1, 0.15) is 29.8 Å². The largest absolute Gasteiger partial charge is 0.507 e. The molecule has 0 aliphatic carbocycles. The van der Waals surface area contributed by atoms with Crippen LogP contribution in [-0.4, -0.2) is 16.8 Å². The Labute approximate surface area is 218 Å². The standard InChI is InChI=1S/C31H23F2NO4/c1-19-17-21(11-16-26(19)38-18-20-7-3-2-4-8-20)29(35)27-28(24-9-5-6-10-25(24)33)34(31(37)30(27)36)23-14-12-22(32)13-15-23/h2-17,28,35H,18H2,1H3/b29-27+. The zero-order valence-corrected chi connectivity index (χ0v) is 20.4. The lowest BCUT2D eigenvalue weighted by Crippen LogP contribution is -2.29. The number of benzene rings is 4. The van der Waals surface area contributed by atoms with Crippen molar-refractivity contribution in [1.29, 1.82) is 0 Å². The zero-order chi connectivity index (χ0) is 26.8. The summed E-state index contributed by atoms with van der Waals surface area (Å²) in [7, 11) is 0. The number of rotatable bonds is 6. The minimum absolute atomic E-state index is 0.0251. The number of nitrogens with zero attached hydrogens (tertiary/aromatic N) is 1. The minimum Gasteiger partial charge on any atom is -0.507 e. The molecule has 1 amide bonds. The summed E-state index contributed by atoms with van der Waals surface area (Å²) in [6, 6.07) is 23.9. The van der Waals surface area contributed by atoms with Crippen LogP contribution in [0.15, 0.2) is 103 Å². The van der Waals surface area contributed by atoms with Gasteiger partial charge in [0.25, 0.3) is 11.7 Å². The van der Waals surface area contributed by atoms with Crippen LogP contribution in [0.1, 0.15) is 28.3 Å². The van der Waals surface area contributed by atoms with E-state index in [1.165, 1.54) is 30.3 Å². The van der Waals surface area contributed by atoms with Crippen LogP contribution in [0.5, 0.6) is 5.75 Å². The van der Waals surface area contributed by atoms with Crippen molar-refractivity contribution in [3.05, 3.63) is 137 Å². The van der Waals surface area contributed by atoms with E-state index in [0.717, 1.165) is 22.6 Å². The highest BCUT2D eigenvalue weighted by Crippen LogP contribution is 2.43. The number of aliphatic hydroxyl groups excluding tert-OH is 1. The molecule has 5 nitrogen and oxygen atoms in total. The summed E-state index contributed by atoms with van der Waals surface area (Å²) in [5, 5.41) is 11.3. The molecular formula is C31H23F2NO4. The van der Waals surface area contributed by atoms with Gasteiger partial charge in [-0.05, 0) is 66.6 Å². The molecule has 1 atom stereocenters. The molecule has 7 heteroatoms. The molecule has 190 valence electrons. The molecule has 1 unspecified atom stereocenters. The van der Waals surface area contributed by atoms with Crippen molar-refractivity contribution < 1.29 is 28.2 Å². The fraction of sp³-hybridized carbons (Fsp3) is 0.0968. The second-order valence-electron chi connectivity index (χ2n) is 8.92. The van der Waals surface area contributed by atoms with E-state index in [0.29, 0.717) is 17.9 Å². The van der Waals surface area contributed by atoms with E-state index in [9.17, 15) is 23.5 Å². The highest BCUT2D eigenvalue weighted by Gasteiger charge is 2.47. The molecule has 38 heavy (non-hydrogen) atoms. The molecule has 0 spiro atoms. The summed E-state index contributed by atoms with van der Waals surface area (Å²) in [5.41, 5.74) is 1.92.